The highest BCUT2D eigenvalue weighted by molar-refractivity contribution is 5.82. The molecule has 0 heterocycles. The Bertz CT molecular complexity index is 347. The maximum absolute atomic E-state index is 12.1. The van der Waals surface area contributed by atoms with Crippen LogP contribution in [0, 0.1) is 5.92 Å². The van der Waals surface area contributed by atoms with Gasteiger partial charge in [-0.3, -0.25) is 9.59 Å². The molecule has 1 aliphatic carbocycles. The van der Waals surface area contributed by atoms with Crippen molar-refractivity contribution >= 4 is 11.9 Å². The average Bonchev–Trinajstić information content (AvgIpc) is 2.38. The van der Waals surface area contributed by atoms with E-state index in [1.807, 2.05) is 27.7 Å². The fraction of sp³-hybridized carbons (Fsp3) is 0.867. The molecule has 0 spiro atoms. The molecule has 0 aromatic heterocycles. The van der Waals surface area contributed by atoms with Crippen molar-refractivity contribution in [3.63, 3.8) is 0 Å². The predicted molar refractivity (Wildman–Crippen MR) is 78.5 cm³/mol. The molecule has 1 fully saturated rings. The van der Waals surface area contributed by atoms with Crippen LogP contribution in [-0.4, -0.2) is 34.6 Å². The van der Waals surface area contributed by atoms with Gasteiger partial charge in [0.15, 0.2) is 0 Å². The summed E-state index contributed by atoms with van der Waals surface area (Å²) < 4.78 is 0. The zero-order valence-electron chi connectivity index (χ0n) is 13.0. The van der Waals surface area contributed by atoms with Crippen molar-refractivity contribution in [1.82, 2.24) is 10.6 Å². The summed E-state index contributed by atoms with van der Waals surface area (Å²) in [6.45, 7) is 7.93. The van der Waals surface area contributed by atoms with Crippen molar-refractivity contribution in [3.8, 4) is 0 Å². The molecule has 0 radical (unpaired) electrons. The van der Waals surface area contributed by atoms with Crippen molar-refractivity contribution in [3.05, 3.63) is 0 Å². The van der Waals surface area contributed by atoms with E-state index in [0.29, 0.717) is 12.8 Å². The zero-order valence-corrected chi connectivity index (χ0v) is 13.0. The summed E-state index contributed by atoms with van der Waals surface area (Å²) in [4.78, 5) is 23.0. The van der Waals surface area contributed by atoms with E-state index >= 15 is 0 Å². The highest BCUT2D eigenvalue weighted by Gasteiger charge is 2.28. The lowest BCUT2D eigenvalue weighted by Crippen LogP contribution is -2.53. The maximum atomic E-state index is 12.1. The number of carboxylic acid groups (broad SMARTS) is 1. The Balaban J connectivity index is 2.38. The number of aliphatic carboxylic acids is 1. The molecule has 1 aliphatic rings. The fourth-order valence-corrected chi connectivity index (χ4v) is 2.47. The first-order valence-electron chi connectivity index (χ1n) is 7.56. The van der Waals surface area contributed by atoms with Crippen LogP contribution in [0.25, 0.3) is 0 Å². The van der Waals surface area contributed by atoms with Crippen molar-refractivity contribution in [2.24, 2.45) is 5.92 Å². The number of hydrogen-bond acceptors (Lipinski definition) is 3. The van der Waals surface area contributed by atoms with Crippen LogP contribution in [0.4, 0.5) is 0 Å². The molecule has 1 saturated carbocycles. The summed E-state index contributed by atoms with van der Waals surface area (Å²) >= 11 is 0. The summed E-state index contributed by atoms with van der Waals surface area (Å²) in [6.07, 6.45) is 3.93. The standard InChI is InChI=1S/C15H28N2O3/c1-5-15(3,4)17-13(18)10(2)16-12-8-6-11(7-9-12)14(19)20/h10-12,16H,5-9H2,1-4H3,(H,17,18)(H,19,20). The van der Waals surface area contributed by atoms with Gasteiger partial charge in [-0.2, -0.15) is 0 Å². The molecule has 5 heteroatoms. The summed E-state index contributed by atoms with van der Waals surface area (Å²) in [5.74, 6) is -0.896. The normalized spacial score (nSPS) is 25.0. The predicted octanol–water partition coefficient (Wildman–Crippen LogP) is 1.91. The first-order valence-corrected chi connectivity index (χ1v) is 7.56. The van der Waals surface area contributed by atoms with Crippen LogP contribution in [0.15, 0.2) is 0 Å². The number of carbonyl (C=O) groups excluding carboxylic acids is 1. The fourth-order valence-electron chi connectivity index (χ4n) is 2.47. The van der Waals surface area contributed by atoms with Gasteiger partial charge in [0, 0.05) is 11.6 Å². The van der Waals surface area contributed by atoms with Gasteiger partial charge >= 0.3 is 5.97 Å². The smallest absolute Gasteiger partial charge is 0.306 e. The van der Waals surface area contributed by atoms with Gasteiger partial charge in [0.1, 0.15) is 0 Å². The summed E-state index contributed by atoms with van der Waals surface area (Å²) in [7, 11) is 0. The molecule has 1 unspecified atom stereocenters. The molecule has 1 amide bonds. The number of carbonyl (C=O) groups is 2. The Kier molecular flexibility index (Phi) is 5.99. The third-order valence-electron chi connectivity index (χ3n) is 4.30. The number of nitrogens with one attached hydrogen (secondary N) is 2. The van der Waals surface area contributed by atoms with Crippen LogP contribution in [-0.2, 0) is 9.59 Å². The van der Waals surface area contributed by atoms with E-state index in [0.717, 1.165) is 19.3 Å². The Morgan fingerprint density at radius 3 is 2.25 bits per heavy atom. The van der Waals surface area contributed by atoms with E-state index in [1.165, 1.54) is 0 Å². The zero-order chi connectivity index (χ0) is 15.3. The first-order chi connectivity index (χ1) is 9.25. The number of amides is 1. The van der Waals surface area contributed by atoms with Gasteiger partial charge < -0.3 is 15.7 Å². The molecular weight excluding hydrogens is 256 g/mol. The molecular formula is C15H28N2O3. The molecule has 116 valence electrons. The molecule has 0 aromatic carbocycles. The van der Waals surface area contributed by atoms with Crippen molar-refractivity contribution < 1.29 is 14.7 Å². The molecule has 0 bridgehead atoms. The number of rotatable bonds is 6. The summed E-state index contributed by atoms with van der Waals surface area (Å²) in [6, 6.07) is 0.00305. The lowest BCUT2D eigenvalue weighted by atomic mass is 9.86. The molecule has 1 rings (SSSR count). The van der Waals surface area contributed by atoms with Gasteiger partial charge in [0.25, 0.3) is 0 Å². The third-order valence-corrected chi connectivity index (χ3v) is 4.30. The second-order valence-electron chi connectivity index (χ2n) is 6.50. The van der Waals surface area contributed by atoms with Crippen molar-refractivity contribution in [2.75, 3.05) is 0 Å². The minimum atomic E-state index is -0.695. The van der Waals surface area contributed by atoms with Crippen LogP contribution in [0.1, 0.15) is 59.8 Å². The highest BCUT2D eigenvalue weighted by atomic mass is 16.4. The SMILES string of the molecule is CCC(C)(C)NC(=O)C(C)NC1CCC(C(=O)O)CC1. The van der Waals surface area contributed by atoms with Crippen LogP contribution in [0.2, 0.25) is 0 Å². The topological polar surface area (TPSA) is 78.4 Å². The first kappa shape index (κ1) is 17.0. The van der Waals surface area contributed by atoms with E-state index < -0.39 is 5.97 Å². The van der Waals surface area contributed by atoms with Crippen LogP contribution in [0.3, 0.4) is 0 Å². The van der Waals surface area contributed by atoms with E-state index in [-0.39, 0.29) is 29.4 Å². The maximum Gasteiger partial charge on any atom is 0.306 e. The molecule has 3 N–H and O–H groups in total. The lowest BCUT2D eigenvalue weighted by Gasteiger charge is -2.31. The van der Waals surface area contributed by atoms with Gasteiger partial charge in [-0.25, -0.2) is 0 Å². The average molecular weight is 284 g/mol. The van der Waals surface area contributed by atoms with Gasteiger partial charge in [0.2, 0.25) is 5.91 Å². The Labute approximate surface area is 121 Å². The highest BCUT2D eigenvalue weighted by Crippen LogP contribution is 2.24. The lowest BCUT2D eigenvalue weighted by molar-refractivity contribution is -0.143. The molecule has 5 nitrogen and oxygen atoms in total. The number of hydrogen-bond donors (Lipinski definition) is 3. The molecule has 0 aromatic rings. The number of carboxylic acids is 1. The molecule has 0 saturated heterocycles. The van der Waals surface area contributed by atoms with Crippen LogP contribution in [0.5, 0.6) is 0 Å². The van der Waals surface area contributed by atoms with E-state index in [1.54, 1.807) is 0 Å². The van der Waals surface area contributed by atoms with Gasteiger partial charge in [-0.1, -0.05) is 6.92 Å². The Morgan fingerprint density at radius 2 is 1.80 bits per heavy atom. The van der Waals surface area contributed by atoms with E-state index in [9.17, 15) is 9.59 Å². The van der Waals surface area contributed by atoms with Crippen LogP contribution >= 0.6 is 0 Å². The Morgan fingerprint density at radius 1 is 1.25 bits per heavy atom. The summed E-state index contributed by atoms with van der Waals surface area (Å²) in [5.41, 5.74) is -0.187. The monoisotopic (exact) mass is 284 g/mol. The van der Waals surface area contributed by atoms with Crippen molar-refractivity contribution in [2.45, 2.75) is 77.4 Å². The van der Waals surface area contributed by atoms with E-state index in [4.69, 9.17) is 5.11 Å². The molecule has 1 atom stereocenters. The van der Waals surface area contributed by atoms with Gasteiger partial charge in [0.05, 0.1) is 12.0 Å². The third kappa shape index (κ3) is 5.12. The minimum absolute atomic E-state index is 0.0113. The van der Waals surface area contributed by atoms with E-state index in [2.05, 4.69) is 10.6 Å². The van der Waals surface area contributed by atoms with Gasteiger partial charge in [-0.05, 0) is 52.9 Å². The second-order valence-corrected chi connectivity index (χ2v) is 6.50. The quantitative estimate of drug-likeness (QED) is 0.696. The minimum Gasteiger partial charge on any atom is -0.481 e. The molecule has 20 heavy (non-hydrogen) atoms. The van der Waals surface area contributed by atoms with Crippen molar-refractivity contribution in [1.29, 1.82) is 0 Å². The molecule has 0 aliphatic heterocycles. The van der Waals surface area contributed by atoms with Crippen LogP contribution < -0.4 is 10.6 Å². The largest absolute Gasteiger partial charge is 0.481 e. The Hall–Kier alpha value is -1.10. The van der Waals surface area contributed by atoms with Gasteiger partial charge in [-0.15, -0.1) is 0 Å². The summed E-state index contributed by atoms with van der Waals surface area (Å²) in [5, 5.41) is 15.3. The second kappa shape index (κ2) is 7.07.